The fraction of sp³-hybridized carbons (Fsp3) is 0.0667. The maximum absolute atomic E-state index is 13.6. The van der Waals surface area contributed by atoms with Gasteiger partial charge in [0.05, 0.1) is 5.69 Å². The maximum Gasteiger partial charge on any atom is 0.196 e. The minimum absolute atomic E-state index is 0.0308. The fourth-order valence-corrected chi connectivity index (χ4v) is 1.98. The smallest absolute Gasteiger partial charge is 0.196 e. The fourth-order valence-electron chi connectivity index (χ4n) is 1.98. The van der Waals surface area contributed by atoms with Crippen LogP contribution in [0.1, 0.15) is 31.8 Å². The van der Waals surface area contributed by atoms with Gasteiger partial charge in [0.15, 0.2) is 12.1 Å². The summed E-state index contributed by atoms with van der Waals surface area (Å²) in [5.74, 6) is -2.03. The van der Waals surface area contributed by atoms with E-state index in [1.54, 1.807) is 0 Å². The Balaban J connectivity index is 2.68. The lowest BCUT2D eigenvalue weighted by atomic mass is 9.93. The first-order valence-corrected chi connectivity index (χ1v) is 5.80. The molecule has 0 unspecified atom stereocenters. The summed E-state index contributed by atoms with van der Waals surface area (Å²) in [6.45, 7) is 1.38. The number of nitrogen functional groups attached to an aromatic ring is 1. The van der Waals surface area contributed by atoms with Crippen molar-refractivity contribution in [2.45, 2.75) is 6.92 Å². The van der Waals surface area contributed by atoms with Crippen LogP contribution in [0.5, 0.6) is 0 Å². The van der Waals surface area contributed by atoms with Gasteiger partial charge in [-0.1, -0.05) is 6.07 Å². The van der Waals surface area contributed by atoms with E-state index in [0.717, 1.165) is 12.1 Å². The van der Waals surface area contributed by atoms with E-state index in [0.29, 0.717) is 6.29 Å². The Morgan fingerprint density at radius 2 is 1.85 bits per heavy atom. The molecule has 2 N–H and O–H groups in total. The highest BCUT2D eigenvalue weighted by Crippen LogP contribution is 2.24. The van der Waals surface area contributed by atoms with Crippen LogP contribution in [0.3, 0.4) is 0 Å². The Morgan fingerprint density at radius 3 is 2.50 bits per heavy atom. The predicted molar refractivity (Wildman–Crippen MR) is 70.8 cm³/mol. The average molecular weight is 275 g/mol. The third kappa shape index (κ3) is 2.18. The topological polar surface area (TPSA) is 60.2 Å². The number of para-hydroxylation sites is 1. The molecule has 3 nitrogen and oxygen atoms in total. The van der Waals surface area contributed by atoms with Crippen LogP contribution in [0.2, 0.25) is 0 Å². The van der Waals surface area contributed by atoms with Crippen molar-refractivity contribution in [3.05, 3.63) is 64.2 Å². The lowest BCUT2D eigenvalue weighted by Crippen LogP contribution is -2.12. The third-order valence-electron chi connectivity index (χ3n) is 3.08. The molecular formula is C15H11F2NO2. The lowest BCUT2D eigenvalue weighted by molar-refractivity contribution is 0.102. The molecule has 2 aromatic carbocycles. The number of ketones is 1. The molecule has 0 saturated carbocycles. The molecule has 0 aromatic heterocycles. The van der Waals surface area contributed by atoms with Gasteiger partial charge in [-0.3, -0.25) is 9.59 Å². The van der Waals surface area contributed by atoms with E-state index in [2.05, 4.69) is 0 Å². The molecule has 0 saturated heterocycles. The third-order valence-corrected chi connectivity index (χ3v) is 3.08. The second-order valence-corrected chi connectivity index (χ2v) is 4.28. The number of benzene rings is 2. The number of nitrogens with two attached hydrogens (primary N) is 1. The molecule has 2 rings (SSSR count). The highest BCUT2D eigenvalue weighted by Gasteiger charge is 2.21. The first kappa shape index (κ1) is 13.9. The van der Waals surface area contributed by atoms with Gasteiger partial charge in [-0.05, 0) is 36.8 Å². The van der Waals surface area contributed by atoms with Crippen LogP contribution in [0.25, 0.3) is 0 Å². The molecule has 0 aliphatic carbocycles. The Bertz CT molecular complexity index is 711. The zero-order chi connectivity index (χ0) is 14.9. The average Bonchev–Trinajstić information content (AvgIpc) is 2.44. The van der Waals surface area contributed by atoms with Crippen molar-refractivity contribution < 1.29 is 18.4 Å². The largest absolute Gasteiger partial charge is 0.396 e. The van der Waals surface area contributed by atoms with Crippen molar-refractivity contribution in [3.63, 3.8) is 0 Å². The number of halogens is 2. The van der Waals surface area contributed by atoms with Gasteiger partial charge in [-0.2, -0.15) is 0 Å². The van der Waals surface area contributed by atoms with Gasteiger partial charge in [-0.15, -0.1) is 0 Å². The number of carbonyl (C=O) groups excluding carboxylic acids is 2. The molecule has 0 spiro atoms. The predicted octanol–water partition coefficient (Wildman–Crippen LogP) is 2.90. The molecule has 5 heteroatoms. The van der Waals surface area contributed by atoms with E-state index in [4.69, 9.17) is 5.73 Å². The van der Waals surface area contributed by atoms with Gasteiger partial charge in [0.25, 0.3) is 0 Å². The molecule has 0 heterocycles. The Kier molecular flexibility index (Phi) is 3.61. The van der Waals surface area contributed by atoms with Gasteiger partial charge in [0.2, 0.25) is 0 Å². The highest BCUT2D eigenvalue weighted by atomic mass is 19.1. The summed E-state index contributed by atoms with van der Waals surface area (Å²) in [7, 11) is 0. The first-order valence-electron chi connectivity index (χ1n) is 5.80. The summed E-state index contributed by atoms with van der Waals surface area (Å²) >= 11 is 0. The maximum atomic E-state index is 13.6. The summed E-state index contributed by atoms with van der Waals surface area (Å²) in [6, 6.07) is 6.09. The van der Waals surface area contributed by atoms with Crippen molar-refractivity contribution in [2.75, 3.05) is 5.73 Å². The van der Waals surface area contributed by atoms with Gasteiger partial charge in [0.1, 0.15) is 11.6 Å². The van der Waals surface area contributed by atoms with E-state index in [1.807, 2.05) is 0 Å². The summed E-state index contributed by atoms with van der Waals surface area (Å²) in [5, 5.41) is 0. The van der Waals surface area contributed by atoms with E-state index in [-0.39, 0.29) is 27.9 Å². The SMILES string of the molecule is Cc1c(F)ccc(C=O)c1C(=O)c1cccc(F)c1N. The van der Waals surface area contributed by atoms with Crippen LogP contribution in [0.4, 0.5) is 14.5 Å². The second-order valence-electron chi connectivity index (χ2n) is 4.28. The van der Waals surface area contributed by atoms with Crippen molar-refractivity contribution in [1.82, 2.24) is 0 Å². The minimum Gasteiger partial charge on any atom is -0.396 e. The summed E-state index contributed by atoms with van der Waals surface area (Å²) in [5.41, 5.74) is 5.08. The zero-order valence-electron chi connectivity index (χ0n) is 10.6. The van der Waals surface area contributed by atoms with Crippen LogP contribution in [0.15, 0.2) is 30.3 Å². The zero-order valence-corrected chi connectivity index (χ0v) is 10.6. The van der Waals surface area contributed by atoms with Crippen molar-refractivity contribution >= 4 is 17.8 Å². The molecule has 20 heavy (non-hydrogen) atoms. The summed E-state index contributed by atoms with van der Waals surface area (Å²) in [4.78, 5) is 23.4. The number of aldehydes is 1. The molecule has 0 aliphatic heterocycles. The Morgan fingerprint density at radius 1 is 1.15 bits per heavy atom. The van der Waals surface area contributed by atoms with E-state index < -0.39 is 17.4 Å². The monoisotopic (exact) mass is 275 g/mol. The van der Waals surface area contributed by atoms with Gasteiger partial charge < -0.3 is 5.73 Å². The number of hydrogen-bond acceptors (Lipinski definition) is 3. The molecule has 0 fully saturated rings. The first-order chi connectivity index (χ1) is 9.47. The van der Waals surface area contributed by atoms with Crippen LogP contribution < -0.4 is 5.73 Å². The standard InChI is InChI=1S/C15H11F2NO2/c1-8-11(16)6-5-9(7-19)13(8)15(20)10-3-2-4-12(17)14(10)18/h2-7H,18H2,1H3. The molecule has 2 aromatic rings. The van der Waals surface area contributed by atoms with Gasteiger partial charge in [-0.25, -0.2) is 8.78 Å². The highest BCUT2D eigenvalue weighted by molar-refractivity contribution is 6.16. The molecule has 0 amide bonds. The van der Waals surface area contributed by atoms with Crippen LogP contribution in [0, 0.1) is 18.6 Å². The second kappa shape index (κ2) is 5.21. The Labute approximate surface area is 114 Å². The van der Waals surface area contributed by atoms with Crippen LogP contribution in [-0.4, -0.2) is 12.1 Å². The van der Waals surface area contributed by atoms with Gasteiger partial charge >= 0.3 is 0 Å². The number of anilines is 1. The van der Waals surface area contributed by atoms with E-state index in [9.17, 15) is 18.4 Å². The molecular weight excluding hydrogens is 264 g/mol. The van der Waals surface area contributed by atoms with E-state index in [1.165, 1.54) is 25.1 Å². The van der Waals surface area contributed by atoms with Crippen molar-refractivity contribution in [3.8, 4) is 0 Å². The van der Waals surface area contributed by atoms with Crippen LogP contribution in [-0.2, 0) is 0 Å². The molecule has 0 radical (unpaired) electrons. The van der Waals surface area contributed by atoms with Gasteiger partial charge in [0, 0.05) is 16.7 Å². The van der Waals surface area contributed by atoms with E-state index >= 15 is 0 Å². The molecule has 0 atom stereocenters. The minimum atomic E-state index is -0.738. The van der Waals surface area contributed by atoms with Crippen LogP contribution >= 0.6 is 0 Å². The molecule has 0 aliphatic rings. The quantitative estimate of drug-likeness (QED) is 0.532. The summed E-state index contributed by atoms with van der Waals surface area (Å²) < 4.78 is 27.0. The van der Waals surface area contributed by atoms with Crippen molar-refractivity contribution in [2.24, 2.45) is 0 Å². The van der Waals surface area contributed by atoms with Crippen molar-refractivity contribution in [1.29, 1.82) is 0 Å². The number of hydrogen-bond donors (Lipinski definition) is 1. The molecule has 102 valence electrons. The Hall–Kier alpha value is -2.56. The molecule has 0 bridgehead atoms. The number of carbonyl (C=O) groups is 2. The summed E-state index contributed by atoms with van der Waals surface area (Å²) in [6.07, 6.45) is 0.454. The number of rotatable bonds is 3. The normalized spacial score (nSPS) is 10.3. The lowest BCUT2D eigenvalue weighted by Gasteiger charge is -2.11.